The van der Waals surface area contributed by atoms with Crippen molar-refractivity contribution in [2.24, 2.45) is 5.92 Å². The maximum Gasteiger partial charge on any atom is 0.133 e. The summed E-state index contributed by atoms with van der Waals surface area (Å²) in [6.45, 7) is 14.3. The highest BCUT2D eigenvalue weighted by Crippen LogP contribution is 2.28. The Morgan fingerprint density at radius 2 is 2.10 bits per heavy atom. The van der Waals surface area contributed by atoms with Crippen LogP contribution in [-0.4, -0.2) is 24.1 Å². The maximum absolute atomic E-state index is 4.89. The minimum Gasteiger partial charge on any atom is -0.354 e. The minimum absolute atomic E-state index is 0.608. The Morgan fingerprint density at radius 3 is 2.76 bits per heavy atom. The molecule has 0 amide bonds. The number of nitrogens with zero attached hydrogens (tertiary/aromatic N) is 2. The van der Waals surface area contributed by atoms with E-state index in [-0.39, 0.29) is 0 Å². The van der Waals surface area contributed by atoms with Crippen molar-refractivity contribution < 1.29 is 0 Å². The highest BCUT2D eigenvalue weighted by Gasteiger charge is 2.23. The first-order valence-corrected chi connectivity index (χ1v) is 8.43. The highest BCUT2D eigenvalue weighted by molar-refractivity contribution is 5.52. The minimum atomic E-state index is 0.608. The average Bonchev–Trinajstić information content (AvgIpc) is 2.41. The van der Waals surface area contributed by atoms with E-state index in [1.165, 1.54) is 36.2 Å². The van der Waals surface area contributed by atoms with Gasteiger partial charge >= 0.3 is 0 Å². The van der Waals surface area contributed by atoms with Gasteiger partial charge in [-0.05, 0) is 64.1 Å². The number of hydrogen-bond acceptors (Lipinski definition) is 3. The Labute approximate surface area is 130 Å². The summed E-state index contributed by atoms with van der Waals surface area (Å²) in [5.74, 6) is 1.90. The first-order valence-electron chi connectivity index (χ1n) is 8.43. The lowest BCUT2D eigenvalue weighted by Gasteiger charge is -2.36. The molecule has 0 aromatic carbocycles. The molecule has 1 aromatic heterocycles. The molecule has 3 nitrogen and oxygen atoms in total. The summed E-state index contributed by atoms with van der Waals surface area (Å²) in [5.41, 5.74) is 3.88. The average molecular weight is 289 g/mol. The summed E-state index contributed by atoms with van der Waals surface area (Å²) in [6.07, 6.45) is 3.93. The lowest BCUT2D eigenvalue weighted by molar-refractivity contribution is 0.477. The number of aromatic nitrogens is 1. The molecule has 1 fully saturated rings. The first-order chi connectivity index (χ1) is 9.99. The largest absolute Gasteiger partial charge is 0.354 e. The van der Waals surface area contributed by atoms with Gasteiger partial charge in [-0.2, -0.15) is 0 Å². The van der Waals surface area contributed by atoms with Gasteiger partial charge in [-0.3, -0.25) is 0 Å². The molecule has 1 aliphatic heterocycles. The van der Waals surface area contributed by atoms with E-state index in [1.54, 1.807) is 0 Å². The Hall–Kier alpha value is -1.09. The van der Waals surface area contributed by atoms with Gasteiger partial charge in [-0.1, -0.05) is 13.8 Å². The normalized spacial score (nSPS) is 19.3. The molecule has 0 radical (unpaired) electrons. The van der Waals surface area contributed by atoms with Crippen LogP contribution >= 0.6 is 0 Å². The van der Waals surface area contributed by atoms with Gasteiger partial charge in [0.25, 0.3) is 0 Å². The van der Waals surface area contributed by atoms with Crippen LogP contribution < -0.4 is 10.2 Å². The first kappa shape index (κ1) is 16.3. The molecule has 1 saturated heterocycles. The monoisotopic (exact) mass is 289 g/mol. The van der Waals surface area contributed by atoms with Crippen LogP contribution in [0.15, 0.2) is 6.07 Å². The van der Waals surface area contributed by atoms with Crippen molar-refractivity contribution in [3.8, 4) is 0 Å². The van der Waals surface area contributed by atoms with Gasteiger partial charge in [0.15, 0.2) is 0 Å². The number of rotatable bonds is 5. The van der Waals surface area contributed by atoms with Crippen LogP contribution in [0.1, 0.15) is 56.9 Å². The van der Waals surface area contributed by atoms with Crippen LogP contribution in [0.5, 0.6) is 0 Å². The fourth-order valence-corrected chi connectivity index (χ4v) is 3.20. The molecule has 0 bridgehead atoms. The molecular weight excluding hydrogens is 258 g/mol. The van der Waals surface area contributed by atoms with Crippen molar-refractivity contribution in [3.05, 3.63) is 22.9 Å². The third-order valence-electron chi connectivity index (χ3n) is 4.38. The zero-order chi connectivity index (χ0) is 15.4. The third-order valence-corrected chi connectivity index (χ3v) is 4.38. The van der Waals surface area contributed by atoms with Gasteiger partial charge in [-0.25, -0.2) is 4.98 Å². The summed E-state index contributed by atoms with van der Waals surface area (Å²) >= 11 is 0. The van der Waals surface area contributed by atoms with Crippen LogP contribution in [0.2, 0.25) is 0 Å². The second-order valence-corrected chi connectivity index (χ2v) is 6.95. The SMILES string of the molecule is Cc1cc(C)c(CNCC(C)C)c(N2CCCCC2C)n1. The second kappa shape index (κ2) is 7.26. The molecule has 3 heteroatoms. The van der Waals surface area contributed by atoms with Gasteiger partial charge in [0.05, 0.1) is 0 Å². The Morgan fingerprint density at radius 1 is 1.33 bits per heavy atom. The lowest BCUT2D eigenvalue weighted by atomic mass is 10.0. The van der Waals surface area contributed by atoms with E-state index < -0.39 is 0 Å². The standard InChI is InChI=1S/C18H31N3/c1-13(2)11-19-12-17-14(3)10-15(4)20-18(17)21-9-7-6-8-16(21)5/h10,13,16,19H,6-9,11-12H2,1-5H3. The van der Waals surface area contributed by atoms with Crippen LogP contribution in [-0.2, 0) is 6.54 Å². The highest BCUT2D eigenvalue weighted by atomic mass is 15.2. The molecule has 2 rings (SSSR count). The molecule has 1 unspecified atom stereocenters. The van der Waals surface area contributed by atoms with E-state index in [0.717, 1.165) is 25.3 Å². The number of pyridine rings is 1. The van der Waals surface area contributed by atoms with Crippen molar-refractivity contribution in [1.82, 2.24) is 10.3 Å². The van der Waals surface area contributed by atoms with Crippen molar-refractivity contribution in [2.75, 3.05) is 18.0 Å². The number of anilines is 1. The summed E-state index contributed by atoms with van der Waals surface area (Å²) < 4.78 is 0. The Bertz CT molecular complexity index is 468. The fraction of sp³-hybridized carbons (Fsp3) is 0.722. The number of hydrogen-bond donors (Lipinski definition) is 1. The van der Waals surface area contributed by atoms with Gasteiger partial charge < -0.3 is 10.2 Å². The molecular formula is C18H31N3. The molecule has 1 aliphatic rings. The van der Waals surface area contributed by atoms with Gasteiger partial charge in [0, 0.05) is 30.4 Å². The van der Waals surface area contributed by atoms with E-state index in [2.05, 4.69) is 50.9 Å². The Kier molecular flexibility index (Phi) is 5.63. The molecule has 0 saturated carbocycles. The molecule has 1 aromatic rings. The third kappa shape index (κ3) is 4.19. The summed E-state index contributed by atoms with van der Waals surface area (Å²) in [6, 6.07) is 2.82. The molecule has 2 heterocycles. The van der Waals surface area contributed by atoms with E-state index in [1.807, 2.05) is 0 Å². The van der Waals surface area contributed by atoms with E-state index >= 15 is 0 Å². The van der Waals surface area contributed by atoms with Crippen molar-refractivity contribution in [2.45, 2.75) is 66.5 Å². The predicted molar refractivity (Wildman–Crippen MR) is 90.9 cm³/mol. The van der Waals surface area contributed by atoms with Crippen LogP contribution in [0.3, 0.4) is 0 Å². The smallest absolute Gasteiger partial charge is 0.133 e. The van der Waals surface area contributed by atoms with E-state index in [4.69, 9.17) is 4.98 Å². The van der Waals surface area contributed by atoms with Gasteiger partial charge in [0.2, 0.25) is 0 Å². The maximum atomic E-state index is 4.89. The number of aryl methyl sites for hydroxylation is 2. The summed E-state index contributed by atoms with van der Waals surface area (Å²) in [4.78, 5) is 7.42. The van der Waals surface area contributed by atoms with Crippen LogP contribution in [0.4, 0.5) is 5.82 Å². The summed E-state index contributed by atoms with van der Waals surface area (Å²) in [5, 5.41) is 3.59. The van der Waals surface area contributed by atoms with Gasteiger partial charge in [-0.15, -0.1) is 0 Å². The molecule has 1 N–H and O–H groups in total. The molecule has 0 aliphatic carbocycles. The Balaban J connectivity index is 2.24. The lowest BCUT2D eigenvalue weighted by Crippen LogP contribution is -2.39. The zero-order valence-corrected chi connectivity index (χ0v) is 14.4. The molecule has 1 atom stereocenters. The number of nitrogens with one attached hydrogen (secondary N) is 1. The molecule has 21 heavy (non-hydrogen) atoms. The quantitative estimate of drug-likeness (QED) is 0.893. The zero-order valence-electron chi connectivity index (χ0n) is 14.4. The molecule has 118 valence electrons. The van der Waals surface area contributed by atoms with E-state index in [9.17, 15) is 0 Å². The van der Waals surface area contributed by atoms with Crippen LogP contribution in [0, 0.1) is 19.8 Å². The van der Waals surface area contributed by atoms with Crippen molar-refractivity contribution >= 4 is 5.82 Å². The van der Waals surface area contributed by atoms with Crippen molar-refractivity contribution in [1.29, 1.82) is 0 Å². The van der Waals surface area contributed by atoms with Crippen molar-refractivity contribution in [3.63, 3.8) is 0 Å². The fourth-order valence-electron chi connectivity index (χ4n) is 3.20. The predicted octanol–water partition coefficient (Wildman–Crippen LogP) is 3.82. The molecule has 0 spiro atoms. The number of piperidine rings is 1. The second-order valence-electron chi connectivity index (χ2n) is 6.95. The van der Waals surface area contributed by atoms with Gasteiger partial charge in [0.1, 0.15) is 5.82 Å². The van der Waals surface area contributed by atoms with E-state index in [0.29, 0.717) is 12.0 Å². The van der Waals surface area contributed by atoms with Crippen LogP contribution in [0.25, 0.3) is 0 Å². The summed E-state index contributed by atoms with van der Waals surface area (Å²) in [7, 11) is 0. The topological polar surface area (TPSA) is 28.2 Å².